The van der Waals surface area contributed by atoms with Crippen LogP contribution in [0.4, 0.5) is 0 Å². The topological polar surface area (TPSA) is 74.9 Å². The number of benzene rings is 2. The van der Waals surface area contributed by atoms with Crippen LogP contribution in [0.15, 0.2) is 42.4 Å². The van der Waals surface area contributed by atoms with Crippen molar-refractivity contribution in [3.05, 3.63) is 59.2 Å². The predicted molar refractivity (Wildman–Crippen MR) is 105 cm³/mol. The Morgan fingerprint density at radius 1 is 1.21 bits per heavy atom. The Morgan fingerprint density at radius 2 is 2.03 bits per heavy atom. The van der Waals surface area contributed by atoms with E-state index in [0.717, 1.165) is 9.80 Å². The van der Waals surface area contributed by atoms with Crippen molar-refractivity contribution in [2.24, 2.45) is 0 Å². The molecule has 3 aliphatic rings. The van der Waals surface area contributed by atoms with Crippen molar-refractivity contribution in [3.8, 4) is 11.5 Å². The van der Waals surface area contributed by atoms with E-state index < -0.39 is 49.2 Å². The predicted octanol–water partition coefficient (Wildman–Crippen LogP) is 2.21. The summed E-state index contributed by atoms with van der Waals surface area (Å²) in [5, 5.41) is 0.194. The highest BCUT2D eigenvalue weighted by atomic mass is 16.7. The quantitative estimate of drug-likeness (QED) is 0.683. The fourth-order valence-electron chi connectivity index (χ4n) is 4.28. The van der Waals surface area contributed by atoms with Gasteiger partial charge in [0, 0.05) is 30.1 Å². The van der Waals surface area contributed by atoms with Gasteiger partial charge < -0.3 is 24.3 Å². The van der Waals surface area contributed by atoms with E-state index in [1.807, 2.05) is 0 Å². The van der Waals surface area contributed by atoms with Gasteiger partial charge in [0.15, 0.2) is 11.5 Å². The third kappa shape index (κ3) is 2.24. The molecule has 2 amide bonds. The van der Waals surface area contributed by atoms with E-state index in [-0.39, 0.29) is 40.9 Å². The molecule has 2 atom stereocenters. The van der Waals surface area contributed by atoms with E-state index in [1.54, 1.807) is 0 Å². The van der Waals surface area contributed by atoms with E-state index in [4.69, 9.17) is 20.4 Å². The summed E-state index contributed by atoms with van der Waals surface area (Å²) < 4.78 is 75.4. The Kier molecular flexibility index (Phi) is 2.05. The van der Waals surface area contributed by atoms with Crippen molar-refractivity contribution >= 4 is 22.7 Å². The van der Waals surface area contributed by atoms with Crippen LogP contribution in [-0.2, 0) is 16.0 Å². The molecule has 1 fully saturated rings. The van der Waals surface area contributed by atoms with Gasteiger partial charge in [-0.25, -0.2) is 0 Å². The number of piperazine rings is 1. The van der Waals surface area contributed by atoms with Gasteiger partial charge in [0.25, 0.3) is 0 Å². The molecule has 4 heterocycles. The van der Waals surface area contributed by atoms with Crippen molar-refractivity contribution < 1.29 is 30.0 Å². The molecule has 1 N–H and O–H groups in total. The minimum Gasteiger partial charge on any atom is -0.454 e. The maximum Gasteiger partial charge on any atom is 0.245 e. The smallest absolute Gasteiger partial charge is 0.245 e. The van der Waals surface area contributed by atoms with Crippen LogP contribution >= 0.6 is 0 Å². The van der Waals surface area contributed by atoms with E-state index in [2.05, 4.69) is 4.98 Å². The number of likely N-dealkylation sites (N-methyl/N-ethyl adjacent to an activating group) is 1. The molecule has 7 nitrogen and oxygen atoms in total. The number of nitrogens with zero attached hydrogens (tertiary/aromatic N) is 2. The summed E-state index contributed by atoms with van der Waals surface area (Å²) in [6.07, 6.45) is -0.0912. The number of nitrogens with one attached hydrogen (secondary N) is 1. The van der Waals surface area contributed by atoms with Crippen LogP contribution in [0.25, 0.3) is 10.9 Å². The zero-order valence-corrected chi connectivity index (χ0v) is 15.1. The molecule has 6 rings (SSSR count). The zero-order valence-electron chi connectivity index (χ0n) is 23.1. The standard InChI is InChI=1S/C22H19N3O4/c1-24-10-19(26)25-16(22(24)27)9-14-13-4-2-3-5-15(13)23-20(14)21(25)12-6-7-17-18(8-12)29-11-28-17/h2-8,16,21,23H,9-11H2,1H3/t16-,21?/m1/s1/i2D,3D,4D,5D,10D2,11D2. The monoisotopic (exact) mass is 397 g/mol. The van der Waals surface area contributed by atoms with Crippen LogP contribution in [0.2, 0.25) is 0 Å². The number of hydrogen-bond acceptors (Lipinski definition) is 4. The second-order valence-electron chi connectivity index (χ2n) is 7.10. The van der Waals surface area contributed by atoms with Gasteiger partial charge in [-0.15, -0.1) is 0 Å². The van der Waals surface area contributed by atoms with E-state index in [0.29, 0.717) is 16.8 Å². The Bertz CT molecular complexity index is 1550. The van der Waals surface area contributed by atoms with Crippen molar-refractivity contribution in [3.63, 3.8) is 0 Å². The van der Waals surface area contributed by atoms with E-state index in [9.17, 15) is 9.59 Å². The fourth-order valence-corrected chi connectivity index (χ4v) is 4.28. The first-order valence-electron chi connectivity index (χ1n) is 13.0. The lowest BCUT2D eigenvalue weighted by molar-refractivity contribution is -0.157. The van der Waals surface area contributed by atoms with Crippen LogP contribution in [0, 0.1) is 0 Å². The van der Waals surface area contributed by atoms with Gasteiger partial charge >= 0.3 is 0 Å². The summed E-state index contributed by atoms with van der Waals surface area (Å²) in [6, 6.07) is 0.659. The summed E-state index contributed by atoms with van der Waals surface area (Å²) in [7, 11) is 1.20. The van der Waals surface area contributed by atoms with Gasteiger partial charge in [0.1, 0.15) is 8.78 Å². The van der Waals surface area contributed by atoms with Crippen LogP contribution < -0.4 is 9.47 Å². The molecule has 0 aliphatic carbocycles. The number of ether oxygens (including phenoxy) is 2. The Hall–Kier alpha value is -3.48. The second-order valence-corrected chi connectivity index (χ2v) is 7.10. The molecular formula is C22H19N3O4. The summed E-state index contributed by atoms with van der Waals surface area (Å²) in [6.45, 7) is -5.05. The van der Waals surface area contributed by atoms with Crippen LogP contribution in [0.5, 0.6) is 11.5 Å². The lowest BCUT2D eigenvalue weighted by atomic mass is 9.86. The normalized spacial score (nSPS) is 30.2. The average Bonchev–Trinajstić information content (AvgIpc) is 3.38. The number of para-hydroxylation sites is 1. The first kappa shape index (κ1) is 10.3. The molecule has 1 unspecified atom stereocenters. The minimum atomic E-state index is -2.65. The van der Waals surface area contributed by atoms with Crippen molar-refractivity contribution in [1.82, 2.24) is 14.8 Å². The highest BCUT2D eigenvalue weighted by molar-refractivity contribution is 5.97. The lowest BCUT2D eigenvalue weighted by Gasteiger charge is -2.46. The molecule has 3 aromatic rings. The maximum atomic E-state index is 13.5. The number of H-pyrrole nitrogens is 1. The number of hydrogen-bond donors (Lipinski definition) is 1. The second kappa shape index (κ2) is 5.76. The molecular weight excluding hydrogens is 370 g/mol. The highest BCUT2D eigenvalue weighted by Crippen LogP contribution is 2.44. The SMILES string of the molecule is [2H]c1c([2H])c([2H])c2c3c([nH]c2c1[2H])C(c1ccc2c(c1)OC([2H])([2H])O2)N1C(=O)C([2H])([2H])N(C)C(=O)[C@H]1C3. The van der Waals surface area contributed by atoms with Gasteiger partial charge in [-0.1, -0.05) is 24.2 Å². The Balaban J connectivity index is 1.64. The number of aromatic amines is 1. The molecule has 3 aliphatic heterocycles. The molecule has 146 valence electrons. The molecule has 1 aromatic heterocycles. The molecule has 0 radical (unpaired) electrons. The third-order valence-electron chi connectivity index (χ3n) is 5.56. The summed E-state index contributed by atoms with van der Waals surface area (Å²) >= 11 is 0. The number of fused-ring (bicyclic) bond motifs is 5. The molecule has 7 heteroatoms. The zero-order chi connectivity index (χ0) is 26.8. The maximum absolute atomic E-state index is 13.5. The number of aromatic nitrogens is 1. The summed E-state index contributed by atoms with van der Waals surface area (Å²) in [5.74, 6) is -1.47. The van der Waals surface area contributed by atoms with Crippen molar-refractivity contribution in [2.45, 2.75) is 18.5 Å². The average molecular weight is 397 g/mol. The van der Waals surface area contributed by atoms with Crippen molar-refractivity contribution in [2.75, 3.05) is 20.3 Å². The number of rotatable bonds is 1. The molecule has 29 heavy (non-hydrogen) atoms. The Morgan fingerprint density at radius 3 is 2.93 bits per heavy atom. The molecule has 1 saturated heterocycles. The third-order valence-corrected chi connectivity index (χ3v) is 5.56. The van der Waals surface area contributed by atoms with Gasteiger partial charge in [-0.3, -0.25) is 9.59 Å². The first-order valence-corrected chi connectivity index (χ1v) is 8.98. The van der Waals surface area contributed by atoms with E-state index in [1.165, 1.54) is 25.2 Å². The first-order chi connectivity index (χ1) is 17.2. The van der Waals surface area contributed by atoms with Crippen LogP contribution in [0.1, 0.15) is 33.8 Å². The highest BCUT2D eigenvalue weighted by Gasteiger charge is 2.47. The lowest BCUT2D eigenvalue weighted by Crippen LogP contribution is -2.62. The number of carbonyl (C=O) groups is 2. The van der Waals surface area contributed by atoms with Gasteiger partial charge in [0.2, 0.25) is 18.6 Å². The van der Waals surface area contributed by atoms with Crippen molar-refractivity contribution in [1.29, 1.82) is 0 Å². The van der Waals surface area contributed by atoms with E-state index >= 15 is 0 Å². The van der Waals surface area contributed by atoms with Crippen LogP contribution in [-0.4, -0.2) is 52.9 Å². The summed E-state index contributed by atoms with van der Waals surface area (Å²) in [4.78, 5) is 31.8. The molecule has 0 bridgehead atoms. The molecule has 0 saturated carbocycles. The summed E-state index contributed by atoms with van der Waals surface area (Å²) in [5.41, 5.74) is 1.17. The number of amides is 2. The fraction of sp³-hybridized carbons (Fsp3) is 0.273. The molecule has 0 spiro atoms. The largest absolute Gasteiger partial charge is 0.454 e. The minimum absolute atomic E-state index is 0.0439. The molecule has 2 aromatic carbocycles. The van der Waals surface area contributed by atoms with Gasteiger partial charge in [-0.2, -0.15) is 0 Å². The van der Waals surface area contributed by atoms with Crippen LogP contribution in [0.3, 0.4) is 0 Å². The van der Waals surface area contributed by atoms with Gasteiger partial charge in [0.05, 0.1) is 20.8 Å². The number of carbonyl (C=O) groups excluding carboxylic acids is 2. The Labute approximate surface area is 178 Å². The van der Waals surface area contributed by atoms with Gasteiger partial charge in [-0.05, 0) is 29.3 Å².